The number of ketones is 1. The van der Waals surface area contributed by atoms with Crippen LogP contribution in [-0.2, 0) is 27.2 Å². The van der Waals surface area contributed by atoms with Gasteiger partial charge in [-0.05, 0) is 24.0 Å². The second-order valence-electron chi connectivity index (χ2n) is 6.14. The summed E-state index contributed by atoms with van der Waals surface area (Å²) in [6.07, 6.45) is 3.02. The van der Waals surface area contributed by atoms with Gasteiger partial charge in [-0.3, -0.25) is 4.79 Å². The number of nitrogens with two attached hydrogens (primary N) is 1. The van der Waals surface area contributed by atoms with Crippen molar-refractivity contribution in [2.75, 3.05) is 19.8 Å². The van der Waals surface area contributed by atoms with Crippen molar-refractivity contribution in [1.82, 2.24) is 0 Å². The first-order valence-electron chi connectivity index (χ1n) is 7.74. The molecule has 114 valence electrons. The number of carbonyl (C=O) groups is 1. The Morgan fingerprint density at radius 2 is 2.10 bits per heavy atom. The fourth-order valence-corrected chi connectivity index (χ4v) is 3.43. The largest absolute Gasteiger partial charge is 0.378 e. The van der Waals surface area contributed by atoms with Gasteiger partial charge in [0.25, 0.3) is 0 Å². The van der Waals surface area contributed by atoms with Gasteiger partial charge in [-0.25, -0.2) is 0 Å². The standard InChI is InChI=1S/C17H23NO3/c18-11-15-4-2-1-3-13(15)9-16(19)14-5-7-21-17(10-14)6-8-20-12-17/h1-4,14H,5-12,18H2. The first kappa shape index (κ1) is 14.7. The second kappa shape index (κ2) is 6.26. The molecule has 4 heteroatoms. The predicted octanol–water partition coefficient (Wildman–Crippen LogP) is 1.84. The highest BCUT2D eigenvalue weighted by Gasteiger charge is 2.42. The Labute approximate surface area is 125 Å². The average molecular weight is 289 g/mol. The number of rotatable bonds is 4. The van der Waals surface area contributed by atoms with Crippen molar-refractivity contribution < 1.29 is 14.3 Å². The van der Waals surface area contributed by atoms with Crippen LogP contribution in [0.2, 0.25) is 0 Å². The molecule has 2 aliphatic heterocycles. The van der Waals surface area contributed by atoms with E-state index in [4.69, 9.17) is 15.2 Å². The van der Waals surface area contributed by atoms with Crippen LogP contribution in [0.3, 0.4) is 0 Å². The van der Waals surface area contributed by atoms with Gasteiger partial charge < -0.3 is 15.2 Å². The Balaban J connectivity index is 1.67. The zero-order valence-corrected chi connectivity index (χ0v) is 12.3. The smallest absolute Gasteiger partial charge is 0.140 e. The van der Waals surface area contributed by atoms with Crippen molar-refractivity contribution in [3.63, 3.8) is 0 Å². The maximum atomic E-state index is 12.6. The molecule has 21 heavy (non-hydrogen) atoms. The molecule has 2 saturated heterocycles. The predicted molar refractivity (Wildman–Crippen MR) is 79.9 cm³/mol. The first-order chi connectivity index (χ1) is 10.2. The minimum atomic E-state index is -0.202. The monoisotopic (exact) mass is 289 g/mol. The molecule has 0 saturated carbocycles. The van der Waals surface area contributed by atoms with Gasteiger partial charge in [0.2, 0.25) is 0 Å². The van der Waals surface area contributed by atoms with Crippen molar-refractivity contribution >= 4 is 5.78 Å². The molecule has 0 aliphatic carbocycles. The van der Waals surface area contributed by atoms with E-state index in [2.05, 4.69) is 0 Å². The van der Waals surface area contributed by atoms with Gasteiger partial charge in [0.1, 0.15) is 5.78 Å². The summed E-state index contributed by atoms with van der Waals surface area (Å²) in [6, 6.07) is 7.94. The van der Waals surface area contributed by atoms with Gasteiger partial charge in [0.15, 0.2) is 0 Å². The summed E-state index contributed by atoms with van der Waals surface area (Å²) in [5, 5.41) is 0. The molecule has 0 aromatic heterocycles. The molecule has 2 aliphatic rings. The van der Waals surface area contributed by atoms with Crippen LogP contribution in [0, 0.1) is 5.92 Å². The lowest BCUT2D eigenvalue weighted by Crippen LogP contribution is -2.42. The lowest BCUT2D eigenvalue weighted by molar-refractivity contribution is -0.136. The zero-order chi connectivity index (χ0) is 14.7. The van der Waals surface area contributed by atoms with Crippen LogP contribution in [0.5, 0.6) is 0 Å². The quantitative estimate of drug-likeness (QED) is 0.919. The number of Topliss-reactive ketones (excluding diaryl/α,β-unsaturated/α-hetero) is 1. The lowest BCUT2D eigenvalue weighted by atomic mass is 9.81. The van der Waals surface area contributed by atoms with Crippen molar-refractivity contribution in [3.8, 4) is 0 Å². The van der Waals surface area contributed by atoms with Gasteiger partial charge in [-0.2, -0.15) is 0 Å². The maximum absolute atomic E-state index is 12.6. The highest BCUT2D eigenvalue weighted by Crippen LogP contribution is 2.36. The Bertz CT molecular complexity index is 509. The third kappa shape index (κ3) is 3.18. The van der Waals surface area contributed by atoms with Gasteiger partial charge in [-0.15, -0.1) is 0 Å². The van der Waals surface area contributed by atoms with Gasteiger partial charge in [-0.1, -0.05) is 24.3 Å². The van der Waals surface area contributed by atoms with Crippen LogP contribution in [0.4, 0.5) is 0 Å². The SMILES string of the molecule is NCc1ccccc1CC(=O)C1CCOC2(CCOC2)C1. The van der Waals surface area contributed by atoms with E-state index in [0.717, 1.165) is 37.0 Å². The van der Waals surface area contributed by atoms with Crippen LogP contribution in [-0.4, -0.2) is 31.2 Å². The highest BCUT2D eigenvalue weighted by molar-refractivity contribution is 5.83. The van der Waals surface area contributed by atoms with Crippen molar-refractivity contribution in [3.05, 3.63) is 35.4 Å². The molecule has 1 aromatic carbocycles. The molecule has 0 radical (unpaired) electrons. The summed E-state index contributed by atoms with van der Waals surface area (Å²) in [5.74, 6) is 0.400. The average Bonchev–Trinajstić information content (AvgIpc) is 2.95. The molecular weight excluding hydrogens is 266 g/mol. The molecule has 3 rings (SSSR count). The van der Waals surface area contributed by atoms with Crippen LogP contribution >= 0.6 is 0 Å². The molecule has 2 unspecified atom stereocenters. The van der Waals surface area contributed by atoms with Gasteiger partial charge >= 0.3 is 0 Å². The van der Waals surface area contributed by atoms with Crippen molar-refractivity contribution in [2.24, 2.45) is 11.7 Å². The Hall–Kier alpha value is -1.23. The molecule has 2 N–H and O–H groups in total. The minimum Gasteiger partial charge on any atom is -0.378 e. The fraction of sp³-hybridized carbons (Fsp3) is 0.588. The van der Waals surface area contributed by atoms with E-state index < -0.39 is 0 Å². The van der Waals surface area contributed by atoms with E-state index in [-0.39, 0.29) is 11.5 Å². The van der Waals surface area contributed by atoms with Gasteiger partial charge in [0, 0.05) is 38.5 Å². The summed E-state index contributed by atoms with van der Waals surface area (Å²) in [6.45, 7) is 2.53. The summed E-state index contributed by atoms with van der Waals surface area (Å²) < 4.78 is 11.4. The number of hydrogen-bond acceptors (Lipinski definition) is 4. The number of ether oxygens (including phenoxy) is 2. The Morgan fingerprint density at radius 1 is 1.29 bits per heavy atom. The molecular formula is C17H23NO3. The zero-order valence-electron chi connectivity index (χ0n) is 12.3. The molecule has 2 atom stereocenters. The normalized spacial score (nSPS) is 28.9. The molecule has 0 bridgehead atoms. The third-order valence-corrected chi connectivity index (χ3v) is 4.72. The van der Waals surface area contributed by atoms with Crippen LogP contribution < -0.4 is 5.73 Å². The number of carbonyl (C=O) groups excluding carboxylic acids is 1. The minimum absolute atomic E-state index is 0.0891. The third-order valence-electron chi connectivity index (χ3n) is 4.72. The highest BCUT2D eigenvalue weighted by atomic mass is 16.6. The summed E-state index contributed by atoms with van der Waals surface area (Å²) >= 11 is 0. The van der Waals surface area contributed by atoms with E-state index >= 15 is 0 Å². The van der Waals surface area contributed by atoms with E-state index in [0.29, 0.717) is 32.0 Å². The Kier molecular flexibility index (Phi) is 4.38. The van der Waals surface area contributed by atoms with Crippen LogP contribution in [0.15, 0.2) is 24.3 Å². The number of hydrogen-bond donors (Lipinski definition) is 1. The van der Waals surface area contributed by atoms with E-state index in [9.17, 15) is 4.79 Å². The van der Waals surface area contributed by atoms with E-state index in [1.165, 1.54) is 0 Å². The molecule has 1 aromatic rings. The lowest BCUT2D eigenvalue weighted by Gasteiger charge is -2.36. The summed E-state index contributed by atoms with van der Waals surface area (Å²) in [4.78, 5) is 12.6. The second-order valence-corrected chi connectivity index (χ2v) is 6.14. The Morgan fingerprint density at radius 3 is 2.81 bits per heavy atom. The van der Waals surface area contributed by atoms with Crippen molar-refractivity contribution in [2.45, 2.75) is 37.8 Å². The molecule has 2 fully saturated rings. The molecule has 2 heterocycles. The van der Waals surface area contributed by atoms with Crippen LogP contribution in [0.25, 0.3) is 0 Å². The fourth-order valence-electron chi connectivity index (χ4n) is 3.43. The molecule has 4 nitrogen and oxygen atoms in total. The molecule has 1 spiro atoms. The first-order valence-corrected chi connectivity index (χ1v) is 7.74. The van der Waals surface area contributed by atoms with Crippen LogP contribution in [0.1, 0.15) is 30.4 Å². The van der Waals surface area contributed by atoms with Gasteiger partial charge in [0.05, 0.1) is 12.2 Å². The van der Waals surface area contributed by atoms with E-state index in [1.807, 2.05) is 24.3 Å². The van der Waals surface area contributed by atoms with Crippen molar-refractivity contribution in [1.29, 1.82) is 0 Å². The topological polar surface area (TPSA) is 61.6 Å². The molecule has 0 amide bonds. The van der Waals surface area contributed by atoms with E-state index in [1.54, 1.807) is 0 Å². The number of benzene rings is 1. The summed E-state index contributed by atoms with van der Waals surface area (Å²) in [7, 11) is 0. The summed E-state index contributed by atoms with van der Waals surface area (Å²) in [5.41, 5.74) is 7.68. The maximum Gasteiger partial charge on any atom is 0.140 e.